The Balaban J connectivity index is 1.69. The first-order valence-electron chi connectivity index (χ1n) is 8.01. The van der Waals surface area contributed by atoms with Crippen molar-refractivity contribution in [3.8, 4) is 11.4 Å². The molecule has 0 saturated carbocycles. The molecule has 0 aliphatic carbocycles. The van der Waals surface area contributed by atoms with Crippen LogP contribution in [0.2, 0.25) is 0 Å². The first-order valence-corrected chi connectivity index (χ1v) is 9.78. The van der Waals surface area contributed by atoms with Gasteiger partial charge in [-0.2, -0.15) is 0 Å². The molecule has 0 radical (unpaired) electrons. The summed E-state index contributed by atoms with van der Waals surface area (Å²) in [7, 11) is 0. The van der Waals surface area contributed by atoms with Crippen LogP contribution in [0.1, 0.15) is 5.56 Å². The number of pyridine rings is 1. The van der Waals surface area contributed by atoms with Crippen LogP contribution in [0.3, 0.4) is 0 Å². The molecule has 132 valence electrons. The zero-order chi connectivity index (χ0) is 18.4. The summed E-state index contributed by atoms with van der Waals surface area (Å²) in [5, 5.41) is 9.21. The van der Waals surface area contributed by atoms with Gasteiger partial charge >= 0.3 is 0 Å². The molecule has 0 bridgehead atoms. The van der Waals surface area contributed by atoms with Crippen molar-refractivity contribution < 1.29 is 4.79 Å². The number of Topliss-reactive ketones (excluding diaryl/α,β-unsaturated/α-hetero) is 1. The highest BCUT2D eigenvalue weighted by Crippen LogP contribution is 2.24. The lowest BCUT2D eigenvalue weighted by Crippen LogP contribution is -2.07. The molecule has 0 aliphatic heterocycles. The lowest BCUT2D eigenvalue weighted by Gasteiger charge is -2.07. The van der Waals surface area contributed by atoms with Gasteiger partial charge in [0.15, 0.2) is 11.0 Å². The smallest absolute Gasteiger partial charge is 0.192 e. The van der Waals surface area contributed by atoms with Crippen LogP contribution in [0.4, 0.5) is 0 Å². The van der Waals surface area contributed by atoms with E-state index in [-0.39, 0.29) is 5.78 Å². The summed E-state index contributed by atoms with van der Waals surface area (Å²) in [5.74, 6) is 1.22. The quantitative estimate of drug-likeness (QED) is 0.397. The van der Waals surface area contributed by atoms with E-state index in [0.717, 1.165) is 21.4 Å². The summed E-state index contributed by atoms with van der Waals surface area (Å²) in [4.78, 5) is 16.4. The van der Waals surface area contributed by atoms with Crippen LogP contribution in [0, 0.1) is 0 Å². The fourth-order valence-electron chi connectivity index (χ4n) is 2.42. The first kappa shape index (κ1) is 18.5. The lowest BCUT2D eigenvalue weighted by atomic mass is 10.1. The number of carbonyl (C=O) groups excluding carboxylic acids is 1. The van der Waals surface area contributed by atoms with E-state index in [4.69, 9.17) is 0 Å². The maximum absolute atomic E-state index is 12.3. The van der Waals surface area contributed by atoms with E-state index in [1.165, 1.54) is 11.8 Å². The number of allylic oxidation sites excluding steroid dienone is 1. The number of halogens is 1. The van der Waals surface area contributed by atoms with Crippen LogP contribution in [-0.2, 0) is 17.8 Å². The molecule has 0 amide bonds. The molecule has 2 heterocycles. The van der Waals surface area contributed by atoms with Crippen LogP contribution in [0.5, 0.6) is 0 Å². The van der Waals surface area contributed by atoms with Crippen molar-refractivity contribution in [2.24, 2.45) is 0 Å². The van der Waals surface area contributed by atoms with Crippen molar-refractivity contribution >= 4 is 33.5 Å². The number of ketones is 1. The molecular weight excluding hydrogens is 412 g/mol. The van der Waals surface area contributed by atoms with Crippen LogP contribution in [0.15, 0.2) is 71.1 Å². The predicted molar refractivity (Wildman–Crippen MR) is 107 cm³/mol. The average molecular weight is 429 g/mol. The normalized spacial score (nSPS) is 10.7. The average Bonchev–Trinajstić information content (AvgIpc) is 3.06. The van der Waals surface area contributed by atoms with E-state index in [9.17, 15) is 4.79 Å². The standard InChI is InChI=1S/C19H17BrN4OS/c1-2-10-24-18(15-4-3-9-21-12-15)22-23-19(24)26-13-17(25)11-14-5-7-16(20)8-6-14/h2-9,12H,1,10-11,13H2. The van der Waals surface area contributed by atoms with E-state index in [1.807, 2.05) is 41.0 Å². The largest absolute Gasteiger partial charge is 0.298 e. The molecule has 7 heteroatoms. The number of benzene rings is 1. The van der Waals surface area contributed by atoms with Gasteiger partial charge in [0.05, 0.1) is 5.75 Å². The Morgan fingerprint density at radius 1 is 1.23 bits per heavy atom. The number of hydrogen-bond donors (Lipinski definition) is 0. The number of aromatic nitrogens is 4. The van der Waals surface area contributed by atoms with Crippen LogP contribution in [-0.4, -0.2) is 31.3 Å². The van der Waals surface area contributed by atoms with E-state index >= 15 is 0 Å². The molecule has 0 spiro atoms. The third kappa shape index (κ3) is 4.68. The van der Waals surface area contributed by atoms with Gasteiger partial charge in [0.2, 0.25) is 0 Å². The molecule has 0 N–H and O–H groups in total. The summed E-state index contributed by atoms with van der Waals surface area (Å²) < 4.78 is 2.95. The third-order valence-corrected chi connectivity index (χ3v) is 5.18. The van der Waals surface area contributed by atoms with Crippen molar-refractivity contribution in [3.63, 3.8) is 0 Å². The molecule has 26 heavy (non-hydrogen) atoms. The molecule has 5 nitrogen and oxygen atoms in total. The zero-order valence-corrected chi connectivity index (χ0v) is 16.4. The van der Waals surface area contributed by atoms with Gasteiger partial charge in [0.1, 0.15) is 5.78 Å². The Hall–Kier alpha value is -2.25. The molecule has 0 aliphatic rings. The highest BCUT2D eigenvalue weighted by atomic mass is 79.9. The van der Waals surface area contributed by atoms with Crippen molar-refractivity contribution in [2.45, 2.75) is 18.1 Å². The van der Waals surface area contributed by atoms with Crippen LogP contribution < -0.4 is 0 Å². The third-order valence-electron chi connectivity index (χ3n) is 3.63. The summed E-state index contributed by atoms with van der Waals surface area (Å²) in [6.07, 6.45) is 5.66. The summed E-state index contributed by atoms with van der Waals surface area (Å²) in [6.45, 7) is 4.37. The van der Waals surface area contributed by atoms with Gasteiger partial charge in [-0.1, -0.05) is 45.9 Å². The molecule has 0 saturated heterocycles. The maximum atomic E-state index is 12.3. The highest BCUT2D eigenvalue weighted by molar-refractivity contribution is 9.10. The second-order valence-electron chi connectivity index (χ2n) is 5.58. The van der Waals surface area contributed by atoms with Crippen molar-refractivity contribution in [2.75, 3.05) is 5.75 Å². The Bertz CT molecular complexity index is 894. The summed E-state index contributed by atoms with van der Waals surface area (Å²) in [5.41, 5.74) is 1.89. The first-order chi connectivity index (χ1) is 12.7. The maximum Gasteiger partial charge on any atom is 0.192 e. The number of nitrogens with zero attached hydrogens (tertiary/aromatic N) is 4. The molecule has 2 aromatic heterocycles. The molecule has 0 atom stereocenters. The highest BCUT2D eigenvalue weighted by Gasteiger charge is 2.15. The van der Waals surface area contributed by atoms with Crippen LogP contribution >= 0.6 is 27.7 Å². The van der Waals surface area contributed by atoms with Crippen molar-refractivity contribution in [1.82, 2.24) is 19.7 Å². The Labute approximate surface area is 164 Å². The molecule has 0 unspecified atom stereocenters. The van der Waals surface area contributed by atoms with Gasteiger partial charge < -0.3 is 0 Å². The number of rotatable bonds is 8. The number of thioether (sulfide) groups is 1. The van der Waals surface area contributed by atoms with Gasteiger partial charge in [-0.05, 0) is 29.8 Å². The van der Waals surface area contributed by atoms with Gasteiger partial charge in [-0.15, -0.1) is 16.8 Å². The van der Waals surface area contributed by atoms with E-state index in [0.29, 0.717) is 23.9 Å². The fourth-order valence-corrected chi connectivity index (χ4v) is 3.50. The van der Waals surface area contributed by atoms with Crippen molar-refractivity contribution in [1.29, 1.82) is 0 Å². The molecule has 0 fully saturated rings. The van der Waals surface area contributed by atoms with Crippen molar-refractivity contribution in [3.05, 3.63) is 71.5 Å². The van der Waals surface area contributed by atoms with Gasteiger partial charge in [-0.3, -0.25) is 14.3 Å². The topological polar surface area (TPSA) is 60.7 Å². The second kappa shape index (κ2) is 8.91. The predicted octanol–water partition coefficient (Wildman–Crippen LogP) is 4.19. The Morgan fingerprint density at radius 2 is 2.04 bits per heavy atom. The zero-order valence-electron chi connectivity index (χ0n) is 14.0. The minimum absolute atomic E-state index is 0.147. The summed E-state index contributed by atoms with van der Waals surface area (Å²) in [6, 6.07) is 11.6. The van der Waals surface area contributed by atoms with Crippen LogP contribution in [0.25, 0.3) is 11.4 Å². The molecular formula is C19H17BrN4OS. The second-order valence-corrected chi connectivity index (χ2v) is 7.44. The Morgan fingerprint density at radius 3 is 2.73 bits per heavy atom. The minimum Gasteiger partial charge on any atom is -0.298 e. The summed E-state index contributed by atoms with van der Waals surface area (Å²) >= 11 is 4.79. The molecule has 3 rings (SSSR count). The minimum atomic E-state index is 0.147. The monoisotopic (exact) mass is 428 g/mol. The van der Waals surface area contributed by atoms with Gasteiger partial charge in [-0.25, -0.2) is 0 Å². The molecule has 1 aromatic carbocycles. The van der Waals surface area contributed by atoms with Gasteiger partial charge in [0, 0.05) is 35.4 Å². The number of carbonyl (C=O) groups is 1. The fraction of sp³-hybridized carbons (Fsp3) is 0.158. The number of hydrogen-bond acceptors (Lipinski definition) is 5. The SMILES string of the molecule is C=CCn1c(SCC(=O)Cc2ccc(Br)cc2)nnc1-c1cccnc1. The van der Waals surface area contributed by atoms with E-state index in [2.05, 4.69) is 37.7 Å². The molecule has 3 aromatic rings. The van der Waals surface area contributed by atoms with E-state index < -0.39 is 0 Å². The van der Waals surface area contributed by atoms with Gasteiger partial charge in [0.25, 0.3) is 0 Å². The Kier molecular flexibility index (Phi) is 6.35. The lowest BCUT2D eigenvalue weighted by molar-refractivity contribution is -0.116. The van der Waals surface area contributed by atoms with E-state index in [1.54, 1.807) is 18.5 Å².